The largest absolute Gasteiger partial charge is 0.464 e. The molecule has 4 rings (SSSR count). The first kappa shape index (κ1) is 19.7. The van der Waals surface area contributed by atoms with Gasteiger partial charge in [0, 0.05) is 19.6 Å². The zero-order valence-corrected chi connectivity index (χ0v) is 17.3. The van der Waals surface area contributed by atoms with Gasteiger partial charge in [-0.1, -0.05) is 6.07 Å². The third-order valence-corrected chi connectivity index (χ3v) is 7.98. The molecule has 2 saturated heterocycles. The number of ether oxygens (including phenoxy) is 1. The molecule has 0 aliphatic carbocycles. The van der Waals surface area contributed by atoms with Crippen LogP contribution in [0.2, 0.25) is 0 Å². The van der Waals surface area contributed by atoms with Crippen LogP contribution in [-0.2, 0) is 19.6 Å². The molecule has 3 heterocycles. The van der Waals surface area contributed by atoms with Crippen molar-refractivity contribution in [2.75, 3.05) is 39.3 Å². The maximum Gasteiger partial charge on any atom is 0.309 e. The quantitative estimate of drug-likeness (QED) is 0.652. The lowest BCUT2D eigenvalue weighted by atomic mass is 9.98. The van der Waals surface area contributed by atoms with Crippen LogP contribution in [0, 0.1) is 5.92 Å². The molecule has 0 saturated carbocycles. The van der Waals surface area contributed by atoms with E-state index in [1.54, 1.807) is 18.2 Å². The molecule has 8 nitrogen and oxygen atoms in total. The molecule has 0 radical (unpaired) electrons. The number of sulfonamides is 1. The lowest BCUT2D eigenvalue weighted by molar-refractivity contribution is -0.150. The van der Waals surface area contributed by atoms with Gasteiger partial charge in [-0.3, -0.25) is 9.69 Å². The van der Waals surface area contributed by atoms with E-state index in [2.05, 4.69) is 13.6 Å². The van der Waals surface area contributed by atoms with Crippen molar-refractivity contribution in [1.29, 1.82) is 0 Å². The normalized spacial score (nSPS) is 20.0. The van der Waals surface area contributed by atoms with Gasteiger partial charge in [0.15, 0.2) is 0 Å². The summed E-state index contributed by atoms with van der Waals surface area (Å²) < 4.78 is 41.2. The second kappa shape index (κ2) is 8.40. The Bertz CT molecular complexity index is 932. The number of benzene rings is 1. The Balaban J connectivity index is 1.33. The monoisotopic (exact) mass is 424 g/mol. The number of hydrogen-bond donors (Lipinski definition) is 0. The number of fused-ring (bicyclic) bond motifs is 1. The summed E-state index contributed by atoms with van der Waals surface area (Å²) >= 11 is 1.00. The van der Waals surface area contributed by atoms with Crippen LogP contribution in [-0.4, -0.2) is 71.7 Å². The molecular weight excluding hydrogens is 400 g/mol. The summed E-state index contributed by atoms with van der Waals surface area (Å²) in [5, 5.41) is 0. The van der Waals surface area contributed by atoms with Crippen molar-refractivity contribution in [2.45, 2.75) is 30.6 Å². The Hall–Kier alpha value is -1.62. The molecule has 0 spiro atoms. The van der Waals surface area contributed by atoms with Crippen LogP contribution >= 0.6 is 11.7 Å². The summed E-state index contributed by atoms with van der Waals surface area (Å²) in [5.74, 6) is -0.441. The van der Waals surface area contributed by atoms with Crippen molar-refractivity contribution in [3.8, 4) is 0 Å². The molecule has 152 valence electrons. The molecule has 2 fully saturated rings. The molecule has 0 unspecified atom stereocenters. The van der Waals surface area contributed by atoms with E-state index in [1.165, 1.54) is 17.1 Å². The van der Waals surface area contributed by atoms with Crippen molar-refractivity contribution >= 4 is 38.8 Å². The topological polar surface area (TPSA) is 92.7 Å². The maximum atomic E-state index is 13.0. The Kier molecular flexibility index (Phi) is 5.91. The zero-order chi connectivity index (χ0) is 19.6. The predicted octanol–water partition coefficient (Wildman–Crippen LogP) is 1.73. The molecule has 0 atom stereocenters. The van der Waals surface area contributed by atoms with E-state index in [0.717, 1.165) is 31.4 Å². The van der Waals surface area contributed by atoms with E-state index in [0.29, 0.717) is 43.6 Å². The van der Waals surface area contributed by atoms with Crippen molar-refractivity contribution in [2.24, 2.45) is 5.92 Å². The lowest BCUT2D eigenvalue weighted by Crippen LogP contribution is -2.41. The highest BCUT2D eigenvalue weighted by atomic mass is 32.2. The number of piperidine rings is 1. The van der Waals surface area contributed by atoms with Gasteiger partial charge in [0.25, 0.3) is 0 Å². The minimum atomic E-state index is -3.66. The number of carbonyl (C=O) groups excluding carboxylic acids is 1. The van der Waals surface area contributed by atoms with E-state index in [9.17, 15) is 13.2 Å². The molecule has 1 aromatic carbocycles. The minimum Gasteiger partial charge on any atom is -0.464 e. The summed E-state index contributed by atoms with van der Waals surface area (Å²) in [4.78, 5) is 14.8. The smallest absolute Gasteiger partial charge is 0.309 e. The van der Waals surface area contributed by atoms with Crippen LogP contribution in [0.25, 0.3) is 11.0 Å². The van der Waals surface area contributed by atoms with Gasteiger partial charge in [0.05, 0.1) is 17.6 Å². The van der Waals surface area contributed by atoms with Gasteiger partial charge in [-0.2, -0.15) is 13.1 Å². The van der Waals surface area contributed by atoms with Crippen molar-refractivity contribution < 1.29 is 17.9 Å². The predicted molar refractivity (Wildman–Crippen MR) is 106 cm³/mol. The lowest BCUT2D eigenvalue weighted by Gasteiger charge is -2.30. The van der Waals surface area contributed by atoms with Gasteiger partial charge in [0.1, 0.15) is 22.5 Å². The number of carbonyl (C=O) groups is 1. The third-order valence-electron chi connectivity index (χ3n) is 5.50. The second-order valence-corrected chi connectivity index (χ2v) is 9.72. The zero-order valence-electron chi connectivity index (χ0n) is 15.6. The number of likely N-dealkylation sites (tertiary alicyclic amines) is 1. The van der Waals surface area contributed by atoms with Crippen LogP contribution < -0.4 is 0 Å². The molecule has 0 bridgehead atoms. The minimum absolute atomic E-state index is 0.186. The first-order chi connectivity index (χ1) is 13.6. The number of hydrogen-bond acceptors (Lipinski definition) is 8. The first-order valence-corrected chi connectivity index (χ1v) is 11.8. The second-order valence-electron chi connectivity index (χ2n) is 7.28. The Labute approximate surface area is 168 Å². The highest BCUT2D eigenvalue weighted by Crippen LogP contribution is 2.28. The van der Waals surface area contributed by atoms with Gasteiger partial charge in [0.2, 0.25) is 10.0 Å². The highest BCUT2D eigenvalue weighted by molar-refractivity contribution is 7.89. The number of aromatic nitrogens is 2. The summed E-state index contributed by atoms with van der Waals surface area (Å²) in [6.45, 7) is 3.97. The summed E-state index contributed by atoms with van der Waals surface area (Å²) in [6, 6.07) is 5.00. The maximum absolute atomic E-state index is 13.0. The average Bonchev–Trinajstić information content (AvgIpc) is 3.39. The van der Waals surface area contributed by atoms with Gasteiger partial charge >= 0.3 is 5.97 Å². The average molecular weight is 425 g/mol. The van der Waals surface area contributed by atoms with Crippen LogP contribution in [0.5, 0.6) is 0 Å². The Morgan fingerprint density at radius 1 is 1.14 bits per heavy atom. The highest BCUT2D eigenvalue weighted by Gasteiger charge is 2.34. The van der Waals surface area contributed by atoms with Gasteiger partial charge in [-0.25, -0.2) is 8.42 Å². The molecule has 1 aromatic heterocycles. The molecule has 2 aliphatic heterocycles. The van der Waals surface area contributed by atoms with E-state index in [1.807, 2.05) is 0 Å². The van der Waals surface area contributed by atoms with E-state index >= 15 is 0 Å². The summed E-state index contributed by atoms with van der Waals surface area (Å²) in [7, 11) is -3.66. The molecule has 2 aromatic rings. The van der Waals surface area contributed by atoms with Crippen LogP contribution in [0.3, 0.4) is 0 Å². The van der Waals surface area contributed by atoms with Crippen molar-refractivity contribution in [3.63, 3.8) is 0 Å². The molecular formula is C18H24N4O4S2. The molecule has 10 heteroatoms. The molecule has 2 aliphatic rings. The number of esters is 1. The van der Waals surface area contributed by atoms with Crippen LogP contribution in [0.1, 0.15) is 25.7 Å². The number of rotatable bonds is 6. The summed E-state index contributed by atoms with van der Waals surface area (Å²) in [6.07, 6.45) is 3.39. The fraction of sp³-hybridized carbons (Fsp3) is 0.611. The first-order valence-electron chi connectivity index (χ1n) is 9.66. The van der Waals surface area contributed by atoms with E-state index in [-0.39, 0.29) is 16.8 Å². The van der Waals surface area contributed by atoms with Gasteiger partial charge in [-0.05, 0) is 50.9 Å². The SMILES string of the molecule is O=C(OCCN1CCCC1)C1CCN(S(=O)(=O)c2cccc3nsnc23)CC1. The molecule has 28 heavy (non-hydrogen) atoms. The van der Waals surface area contributed by atoms with Crippen LogP contribution in [0.15, 0.2) is 23.1 Å². The third kappa shape index (κ3) is 4.05. The Morgan fingerprint density at radius 2 is 1.89 bits per heavy atom. The fourth-order valence-electron chi connectivity index (χ4n) is 3.86. The molecule has 0 N–H and O–H groups in total. The van der Waals surface area contributed by atoms with Gasteiger partial charge < -0.3 is 4.74 Å². The van der Waals surface area contributed by atoms with Crippen molar-refractivity contribution in [1.82, 2.24) is 18.0 Å². The van der Waals surface area contributed by atoms with Crippen LogP contribution in [0.4, 0.5) is 0 Å². The van der Waals surface area contributed by atoms with Gasteiger partial charge in [-0.15, -0.1) is 0 Å². The Morgan fingerprint density at radius 3 is 2.64 bits per heavy atom. The standard InChI is InChI=1S/C18H24N4O4S2/c23-18(26-13-12-21-8-1-2-9-21)14-6-10-22(11-7-14)28(24,25)16-5-3-4-15-17(16)20-27-19-15/h3-5,14H,1-2,6-13H2. The summed E-state index contributed by atoms with van der Waals surface area (Å²) in [5.41, 5.74) is 0.999. The molecule has 0 amide bonds. The number of nitrogens with zero attached hydrogens (tertiary/aromatic N) is 4. The van der Waals surface area contributed by atoms with Crippen molar-refractivity contribution in [3.05, 3.63) is 18.2 Å². The van der Waals surface area contributed by atoms with E-state index in [4.69, 9.17) is 4.74 Å². The fourth-order valence-corrected chi connectivity index (χ4v) is 6.08. The van der Waals surface area contributed by atoms with E-state index < -0.39 is 10.0 Å².